The van der Waals surface area contributed by atoms with E-state index in [2.05, 4.69) is 10.2 Å². The summed E-state index contributed by atoms with van der Waals surface area (Å²) in [4.78, 5) is 28.3. The number of morpholine rings is 1. The normalized spacial score (nSPS) is 13.2. The van der Waals surface area contributed by atoms with Crippen molar-refractivity contribution in [3.8, 4) is 17.2 Å². The Hall–Kier alpha value is -3.11. The highest BCUT2D eigenvalue weighted by molar-refractivity contribution is 7.98. The zero-order chi connectivity index (χ0) is 25.2. The average Bonchev–Trinajstić information content (AvgIpc) is 2.89. The van der Waals surface area contributed by atoms with Crippen LogP contribution in [0.4, 0.5) is 11.4 Å². The molecule has 2 aromatic carbocycles. The molecule has 35 heavy (non-hydrogen) atoms. The molecule has 0 spiro atoms. The molecule has 1 saturated heterocycles. The number of benzene rings is 2. The van der Waals surface area contributed by atoms with Gasteiger partial charge in [0.1, 0.15) is 22.8 Å². The maximum atomic E-state index is 12.7. The van der Waals surface area contributed by atoms with Crippen molar-refractivity contribution in [2.24, 2.45) is 0 Å². The number of hydrogen-bond donors (Lipinski definition) is 1. The highest BCUT2D eigenvalue weighted by Crippen LogP contribution is 2.39. The Morgan fingerprint density at radius 2 is 1.74 bits per heavy atom. The summed E-state index contributed by atoms with van der Waals surface area (Å²) in [6, 6.07) is 8.77. The first-order chi connectivity index (χ1) is 17.0. The van der Waals surface area contributed by atoms with Gasteiger partial charge in [-0.15, -0.1) is 11.8 Å². The maximum absolute atomic E-state index is 12.7. The first-order valence-electron chi connectivity index (χ1n) is 11.5. The van der Waals surface area contributed by atoms with E-state index in [9.17, 15) is 9.59 Å². The van der Waals surface area contributed by atoms with E-state index in [-0.39, 0.29) is 5.56 Å². The monoisotopic (exact) mass is 504 g/mol. The van der Waals surface area contributed by atoms with Gasteiger partial charge >= 0.3 is 5.97 Å². The molecule has 9 nitrogen and oxygen atoms in total. The fourth-order valence-corrected chi connectivity index (χ4v) is 4.04. The van der Waals surface area contributed by atoms with Crippen LogP contribution in [0.1, 0.15) is 24.2 Å². The van der Waals surface area contributed by atoms with Crippen LogP contribution in [-0.4, -0.2) is 71.4 Å². The van der Waals surface area contributed by atoms with E-state index in [0.29, 0.717) is 49.4 Å². The molecular formula is C25H32N2O7S. The number of methoxy groups -OCH3 is 1. The lowest BCUT2D eigenvalue weighted by Crippen LogP contribution is -2.36. The summed E-state index contributed by atoms with van der Waals surface area (Å²) in [6.07, 6.45) is 1.93. The highest BCUT2D eigenvalue weighted by Gasteiger charge is 2.21. The standard InChI is InChI=1S/C25H32N2O7S/c1-5-32-22-15-20(27-9-11-31-12-10-27)23(33-6-2)14-19(22)26-24(28)16-34-25(29)18-8-7-17(35-4)13-21(18)30-3/h7-8,13-15H,5-6,9-12,16H2,1-4H3,(H,26,28). The first kappa shape index (κ1) is 26.5. The van der Waals surface area contributed by atoms with Crippen molar-refractivity contribution in [1.29, 1.82) is 0 Å². The minimum Gasteiger partial charge on any atom is -0.496 e. The second kappa shape index (κ2) is 13.1. The van der Waals surface area contributed by atoms with Crippen molar-refractivity contribution in [3.63, 3.8) is 0 Å². The number of nitrogens with zero attached hydrogens (tertiary/aromatic N) is 1. The van der Waals surface area contributed by atoms with Crippen LogP contribution >= 0.6 is 11.8 Å². The maximum Gasteiger partial charge on any atom is 0.342 e. The van der Waals surface area contributed by atoms with Gasteiger partial charge in [-0.1, -0.05) is 0 Å². The number of rotatable bonds is 11. The molecule has 2 aromatic rings. The van der Waals surface area contributed by atoms with E-state index in [1.807, 2.05) is 26.2 Å². The van der Waals surface area contributed by atoms with Gasteiger partial charge in [-0.05, 0) is 38.3 Å². The molecule has 1 N–H and O–H groups in total. The van der Waals surface area contributed by atoms with Crippen molar-refractivity contribution >= 4 is 35.0 Å². The molecule has 1 fully saturated rings. The molecule has 0 saturated carbocycles. The first-order valence-corrected chi connectivity index (χ1v) is 12.7. The number of amides is 1. The van der Waals surface area contributed by atoms with E-state index < -0.39 is 18.5 Å². The molecule has 0 atom stereocenters. The van der Waals surface area contributed by atoms with Gasteiger partial charge in [-0.3, -0.25) is 4.79 Å². The van der Waals surface area contributed by atoms with Gasteiger partial charge in [0.25, 0.3) is 5.91 Å². The average molecular weight is 505 g/mol. The molecule has 1 aliphatic heterocycles. The number of thioether (sulfide) groups is 1. The van der Waals surface area contributed by atoms with Crippen molar-refractivity contribution in [3.05, 3.63) is 35.9 Å². The summed E-state index contributed by atoms with van der Waals surface area (Å²) in [7, 11) is 1.48. The Bertz CT molecular complexity index is 1030. The smallest absolute Gasteiger partial charge is 0.342 e. The SMILES string of the molecule is CCOc1cc(N2CCOCC2)c(OCC)cc1NC(=O)COC(=O)c1ccc(SC)cc1OC. The summed E-state index contributed by atoms with van der Waals surface area (Å²) in [6.45, 7) is 6.91. The summed E-state index contributed by atoms with van der Waals surface area (Å²) < 4.78 is 27.6. The van der Waals surface area contributed by atoms with Crippen LogP contribution in [0.2, 0.25) is 0 Å². The fourth-order valence-electron chi connectivity index (χ4n) is 3.61. The third-order valence-corrected chi connectivity index (χ3v) is 5.97. The zero-order valence-corrected chi connectivity index (χ0v) is 21.4. The van der Waals surface area contributed by atoms with E-state index in [1.54, 1.807) is 24.3 Å². The van der Waals surface area contributed by atoms with E-state index in [4.69, 9.17) is 23.7 Å². The number of ether oxygens (including phenoxy) is 5. The molecule has 0 aromatic heterocycles. The van der Waals surface area contributed by atoms with Crippen LogP contribution < -0.4 is 24.4 Å². The molecule has 10 heteroatoms. The molecule has 1 aliphatic rings. The molecule has 0 unspecified atom stereocenters. The van der Waals surface area contributed by atoms with Crippen LogP contribution in [0.3, 0.4) is 0 Å². The van der Waals surface area contributed by atoms with Crippen LogP contribution in [0, 0.1) is 0 Å². The predicted octanol–water partition coefficient (Wildman–Crippen LogP) is 3.85. The summed E-state index contributed by atoms with van der Waals surface area (Å²) >= 11 is 1.53. The van der Waals surface area contributed by atoms with Crippen LogP contribution in [0.15, 0.2) is 35.2 Å². The number of nitrogens with one attached hydrogen (secondary N) is 1. The van der Waals surface area contributed by atoms with Gasteiger partial charge in [-0.25, -0.2) is 4.79 Å². The fraction of sp³-hybridized carbons (Fsp3) is 0.440. The van der Waals surface area contributed by atoms with Crippen LogP contribution in [-0.2, 0) is 14.3 Å². The minimum absolute atomic E-state index is 0.251. The Labute approximate surface area is 210 Å². The Kier molecular flexibility index (Phi) is 9.92. The number of esters is 1. The number of hydrogen-bond acceptors (Lipinski definition) is 9. The molecular weight excluding hydrogens is 472 g/mol. The lowest BCUT2D eigenvalue weighted by atomic mass is 10.2. The second-order valence-corrected chi connectivity index (χ2v) is 8.35. The van der Waals surface area contributed by atoms with Gasteiger partial charge in [0, 0.05) is 30.1 Å². The summed E-state index contributed by atoms with van der Waals surface area (Å²) in [5, 5.41) is 2.78. The molecule has 0 aliphatic carbocycles. The zero-order valence-electron chi connectivity index (χ0n) is 20.5. The lowest BCUT2D eigenvalue weighted by Gasteiger charge is -2.31. The quantitative estimate of drug-likeness (QED) is 0.362. The van der Waals surface area contributed by atoms with Gasteiger partial charge in [0.05, 0.1) is 44.9 Å². The van der Waals surface area contributed by atoms with Gasteiger partial charge in [-0.2, -0.15) is 0 Å². The number of carbonyl (C=O) groups excluding carboxylic acids is 2. The molecule has 0 bridgehead atoms. The van der Waals surface area contributed by atoms with Gasteiger partial charge in [0.15, 0.2) is 6.61 Å². The Balaban J connectivity index is 1.74. The van der Waals surface area contributed by atoms with E-state index >= 15 is 0 Å². The topological polar surface area (TPSA) is 95.6 Å². The third kappa shape index (κ3) is 6.95. The molecule has 3 rings (SSSR count). The largest absolute Gasteiger partial charge is 0.496 e. The van der Waals surface area contributed by atoms with Gasteiger partial charge < -0.3 is 33.9 Å². The summed E-state index contributed by atoms with van der Waals surface area (Å²) in [5.74, 6) is 0.379. The third-order valence-electron chi connectivity index (χ3n) is 5.25. The minimum atomic E-state index is -0.646. The Morgan fingerprint density at radius 1 is 1.03 bits per heavy atom. The molecule has 1 heterocycles. The second-order valence-electron chi connectivity index (χ2n) is 7.47. The van der Waals surface area contributed by atoms with E-state index in [0.717, 1.165) is 23.7 Å². The van der Waals surface area contributed by atoms with Crippen molar-refractivity contribution in [1.82, 2.24) is 0 Å². The van der Waals surface area contributed by atoms with Crippen LogP contribution in [0.5, 0.6) is 17.2 Å². The van der Waals surface area contributed by atoms with Gasteiger partial charge in [0.2, 0.25) is 0 Å². The molecule has 0 radical (unpaired) electrons. The van der Waals surface area contributed by atoms with E-state index in [1.165, 1.54) is 18.9 Å². The molecule has 1 amide bonds. The van der Waals surface area contributed by atoms with Crippen molar-refractivity contribution < 1.29 is 33.3 Å². The van der Waals surface area contributed by atoms with Crippen molar-refractivity contribution in [2.45, 2.75) is 18.7 Å². The number of anilines is 2. The summed E-state index contributed by atoms with van der Waals surface area (Å²) in [5.41, 5.74) is 1.57. The molecule has 190 valence electrons. The van der Waals surface area contributed by atoms with Crippen molar-refractivity contribution in [2.75, 3.05) is 69.7 Å². The lowest BCUT2D eigenvalue weighted by molar-refractivity contribution is -0.119. The van der Waals surface area contributed by atoms with Crippen LogP contribution in [0.25, 0.3) is 0 Å². The Morgan fingerprint density at radius 3 is 2.40 bits per heavy atom. The highest BCUT2D eigenvalue weighted by atomic mass is 32.2. The predicted molar refractivity (Wildman–Crippen MR) is 135 cm³/mol. The number of carbonyl (C=O) groups is 2.